The average Bonchev–Trinajstić information content (AvgIpc) is 1.77. The fourth-order valence-corrected chi connectivity index (χ4v) is 1.53. The molecule has 0 N–H and O–H groups in total. The number of amides is 2. The van der Waals surface area contributed by atoms with Crippen LogP contribution in [0, 0.1) is 0 Å². The number of urea groups is 1. The Kier molecular flexibility index (Phi) is 2.62. The van der Waals surface area contributed by atoms with E-state index in [0.717, 1.165) is 9.46 Å². The van der Waals surface area contributed by atoms with Crippen molar-refractivity contribution in [3.63, 3.8) is 0 Å². The lowest BCUT2D eigenvalue weighted by molar-refractivity contribution is 0.227. The highest BCUT2D eigenvalue weighted by molar-refractivity contribution is 8.52. The van der Waals surface area contributed by atoms with Crippen molar-refractivity contribution in [2.45, 2.75) is 0 Å². The molecule has 0 aromatic rings. The van der Waals surface area contributed by atoms with Gasteiger partial charge in [-0.05, 0) is 0 Å². The van der Waals surface area contributed by atoms with E-state index < -0.39 is 0 Å². The van der Waals surface area contributed by atoms with Crippen LogP contribution in [-0.4, -0.2) is 34.5 Å². The molecule has 56 valence electrons. The molecule has 0 radical (unpaired) electrons. The Morgan fingerprint density at radius 1 is 1.60 bits per heavy atom. The third kappa shape index (κ3) is 1.91. The highest BCUT2D eigenvalue weighted by Gasteiger charge is 2.14. The van der Waals surface area contributed by atoms with E-state index >= 15 is 0 Å². The van der Waals surface area contributed by atoms with Crippen LogP contribution in [0.3, 0.4) is 0 Å². The second-order valence-corrected chi connectivity index (χ2v) is 4.51. The minimum atomic E-state index is -0.172. The first-order chi connectivity index (χ1) is 4.70. The molecule has 1 fully saturated rings. The van der Waals surface area contributed by atoms with Crippen LogP contribution in [0.15, 0.2) is 4.99 Å². The summed E-state index contributed by atoms with van der Waals surface area (Å²) < 4.78 is 0.888. The van der Waals surface area contributed by atoms with Gasteiger partial charge < -0.3 is 4.90 Å². The van der Waals surface area contributed by atoms with E-state index in [4.69, 9.17) is 0 Å². The molecule has 0 aliphatic carbocycles. The Balaban J connectivity index is 2.43. The molecular weight excluding hydrogens is 168 g/mol. The van der Waals surface area contributed by atoms with Crippen LogP contribution in [0.1, 0.15) is 0 Å². The lowest BCUT2D eigenvalue weighted by Gasteiger charge is -2.13. The van der Waals surface area contributed by atoms with Gasteiger partial charge in [-0.15, -0.1) is 0 Å². The van der Waals surface area contributed by atoms with Crippen molar-refractivity contribution >= 4 is 33.9 Å². The summed E-state index contributed by atoms with van der Waals surface area (Å²) in [5.41, 5.74) is 0. The molecule has 0 aromatic heterocycles. The second kappa shape index (κ2) is 3.30. The Labute approximate surface area is 68.3 Å². The molecule has 0 saturated carbocycles. The van der Waals surface area contributed by atoms with Gasteiger partial charge in [-0.2, -0.15) is 4.99 Å². The quantitative estimate of drug-likeness (QED) is 0.560. The summed E-state index contributed by atoms with van der Waals surface area (Å²) in [6.45, 7) is 0. The van der Waals surface area contributed by atoms with E-state index in [1.807, 2.05) is 0 Å². The van der Waals surface area contributed by atoms with Crippen LogP contribution >= 0.6 is 23.5 Å². The number of rotatable bonds is 0. The summed E-state index contributed by atoms with van der Waals surface area (Å²) in [6, 6.07) is -0.172. The second-order valence-electron chi connectivity index (χ2n) is 1.96. The van der Waals surface area contributed by atoms with Gasteiger partial charge in [0.2, 0.25) is 0 Å². The largest absolute Gasteiger partial charge is 0.344 e. The topological polar surface area (TPSA) is 32.7 Å². The van der Waals surface area contributed by atoms with E-state index in [0.29, 0.717) is 0 Å². The normalized spacial score (nSPS) is 16.0. The molecule has 1 rings (SSSR count). The van der Waals surface area contributed by atoms with Gasteiger partial charge in [-0.1, -0.05) is 23.5 Å². The van der Waals surface area contributed by atoms with Crippen molar-refractivity contribution in [2.24, 2.45) is 4.99 Å². The predicted molar refractivity (Wildman–Crippen MR) is 46.6 cm³/mol. The van der Waals surface area contributed by atoms with Crippen molar-refractivity contribution in [1.29, 1.82) is 0 Å². The number of aliphatic imine (C=N–C) groups is 1. The first-order valence-electron chi connectivity index (χ1n) is 2.75. The molecule has 1 aliphatic rings. The summed E-state index contributed by atoms with van der Waals surface area (Å²) >= 11 is 3.23. The first kappa shape index (κ1) is 7.94. The molecule has 2 amide bonds. The Hall–Kier alpha value is -0.160. The first-order valence-corrected chi connectivity index (χ1v) is 4.73. The molecule has 3 nitrogen and oxygen atoms in total. The van der Waals surface area contributed by atoms with Crippen LogP contribution in [-0.2, 0) is 0 Å². The Morgan fingerprint density at radius 3 is 2.50 bits per heavy atom. The Bertz CT molecular complexity index is 172. The van der Waals surface area contributed by atoms with E-state index in [1.165, 1.54) is 4.90 Å². The minimum absolute atomic E-state index is 0.172. The van der Waals surface area contributed by atoms with Crippen LogP contribution in [0.2, 0.25) is 0 Å². The maximum atomic E-state index is 10.9. The standard InChI is InChI=1S/C5H8N2OS2/c1-7(2)4(8)6-5-9-3-10-5/h3H2,1-2H3. The van der Waals surface area contributed by atoms with Crippen molar-refractivity contribution in [3.05, 3.63) is 0 Å². The molecule has 1 saturated heterocycles. The number of thioether (sulfide) groups is 2. The van der Waals surface area contributed by atoms with Gasteiger partial charge in [0.25, 0.3) is 0 Å². The SMILES string of the molecule is CN(C)C(=O)N=C1SCS1. The van der Waals surface area contributed by atoms with Crippen molar-refractivity contribution in [2.75, 3.05) is 19.2 Å². The number of carbonyl (C=O) groups is 1. The lowest BCUT2D eigenvalue weighted by atomic mass is 10.8. The highest BCUT2D eigenvalue weighted by atomic mass is 32.3. The van der Waals surface area contributed by atoms with Gasteiger partial charge in [-0.3, -0.25) is 0 Å². The zero-order valence-electron chi connectivity index (χ0n) is 5.83. The van der Waals surface area contributed by atoms with E-state index in [-0.39, 0.29) is 6.03 Å². The fourth-order valence-electron chi connectivity index (χ4n) is 0.354. The van der Waals surface area contributed by atoms with Gasteiger partial charge >= 0.3 is 6.03 Å². The molecule has 5 heteroatoms. The zero-order valence-corrected chi connectivity index (χ0v) is 7.46. The van der Waals surface area contributed by atoms with Gasteiger partial charge in [0.1, 0.15) is 4.38 Å². The lowest BCUT2D eigenvalue weighted by Crippen LogP contribution is -2.19. The van der Waals surface area contributed by atoms with Gasteiger partial charge in [0.15, 0.2) is 0 Å². The molecule has 1 aliphatic heterocycles. The number of hydrogen-bond donors (Lipinski definition) is 0. The van der Waals surface area contributed by atoms with E-state index in [1.54, 1.807) is 37.6 Å². The smallest absolute Gasteiger partial charge is 0.329 e. The fraction of sp³-hybridized carbons (Fsp3) is 0.600. The molecule has 1 heterocycles. The predicted octanol–water partition coefficient (Wildman–Crippen LogP) is 1.46. The minimum Gasteiger partial charge on any atom is -0.329 e. The average molecular weight is 176 g/mol. The zero-order chi connectivity index (χ0) is 7.56. The molecule has 10 heavy (non-hydrogen) atoms. The summed E-state index contributed by atoms with van der Waals surface area (Å²) in [5.74, 6) is 0. The van der Waals surface area contributed by atoms with Crippen LogP contribution in [0.5, 0.6) is 0 Å². The highest BCUT2D eigenvalue weighted by Crippen LogP contribution is 2.32. The van der Waals surface area contributed by atoms with E-state index in [2.05, 4.69) is 4.99 Å². The van der Waals surface area contributed by atoms with Crippen LogP contribution in [0.25, 0.3) is 0 Å². The monoisotopic (exact) mass is 176 g/mol. The van der Waals surface area contributed by atoms with Crippen LogP contribution < -0.4 is 0 Å². The van der Waals surface area contributed by atoms with Crippen molar-refractivity contribution in [1.82, 2.24) is 4.90 Å². The summed E-state index contributed by atoms with van der Waals surface area (Å²) in [5, 5.41) is 1.03. The number of nitrogens with zero attached hydrogens (tertiary/aromatic N) is 2. The maximum Gasteiger partial charge on any atom is 0.344 e. The molecule has 0 unspecified atom stereocenters. The summed E-state index contributed by atoms with van der Waals surface area (Å²) in [4.78, 5) is 16.1. The summed E-state index contributed by atoms with van der Waals surface area (Å²) in [7, 11) is 3.39. The van der Waals surface area contributed by atoms with E-state index in [9.17, 15) is 4.79 Å². The summed E-state index contributed by atoms with van der Waals surface area (Å²) in [6.07, 6.45) is 0. The Morgan fingerprint density at radius 2 is 2.20 bits per heavy atom. The molecular formula is C5H8N2OS2. The van der Waals surface area contributed by atoms with Gasteiger partial charge in [-0.25, -0.2) is 4.79 Å². The van der Waals surface area contributed by atoms with Crippen molar-refractivity contribution in [3.8, 4) is 0 Å². The molecule has 0 bridgehead atoms. The third-order valence-corrected chi connectivity index (χ3v) is 3.26. The molecule has 0 aromatic carbocycles. The number of hydrogen-bond acceptors (Lipinski definition) is 3. The van der Waals surface area contributed by atoms with Gasteiger partial charge in [0.05, 0.1) is 5.08 Å². The van der Waals surface area contributed by atoms with Crippen LogP contribution in [0.4, 0.5) is 4.79 Å². The third-order valence-electron chi connectivity index (χ3n) is 0.934. The molecule has 0 spiro atoms. The number of carbonyl (C=O) groups excluding carboxylic acids is 1. The molecule has 0 atom stereocenters. The van der Waals surface area contributed by atoms with Gasteiger partial charge in [0, 0.05) is 14.1 Å². The van der Waals surface area contributed by atoms with Crippen molar-refractivity contribution < 1.29 is 4.79 Å². The maximum absolute atomic E-state index is 10.9.